The first-order chi connectivity index (χ1) is 15.0. The van der Waals surface area contributed by atoms with E-state index in [0.29, 0.717) is 5.41 Å². The summed E-state index contributed by atoms with van der Waals surface area (Å²) >= 11 is 6.38. The molecule has 3 aromatic rings. The van der Waals surface area contributed by atoms with Crippen molar-refractivity contribution in [1.29, 1.82) is 0 Å². The highest BCUT2D eigenvalue weighted by molar-refractivity contribution is 6.31. The van der Waals surface area contributed by atoms with E-state index in [1.807, 2.05) is 32.0 Å². The van der Waals surface area contributed by atoms with Crippen molar-refractivity contribution in [3.63, 3.8) is 0 Å². The number of benzene rings is 3. The van der Waals surface area contributed by atoms with Gasteiger partial charge in [0.15, 0.2) is 0 Å². The Morgan fingerprint density at radius 1 is 0.875 bits per heavy atom. The third-order valence-electron chi connectivity index (χ3n) is 7.03. The van der Waals surface area contributed by atoms with Gasteiger partial charge in [0.25, 0.3) is 0 Å². The predicted octanol–water partition coefficient (Wildman–Crippen LogP) is 8.34. The zero-order valence-electron chi connectivity index (χ0n) is 20.0. The molecule has 0 aromatic heterocycles. The first kappa shape index (κ1) is 23.1. The summed E-state index contributed by atoms with van der Waals surface area (Å²) in [6, 6.07) is 18.9. The zero-order valence-corrected chi connectivity index (χ0v) is 20.8. The Kier molecular flexibility index (Phi) is 6.31. The minimum Gasteiger partial charge on any atom is -0.490 e. The molecule has 0 saturated heterocycles. The van der Waals surface area contributed by atoms with Crippen LogP contribution in [0.4, 0.5) is 0 Å². The molecule has 3 heteroatoms. The monoisotopic (exact) mass is 449 g/mol. The number of fused-ring (bicyclic) bond motifs is 1. The van der Waals surface area contributed by atoms with Crippen molar-refractivity contribution in [2.24, 2.45) is 17.1 Å². The lowest BCUT2D eigenvalue weighted by Gasteiger charge is -2.37. The minimum absolute atomic E-state index is 0.256. The number of halogens is 1. The van der Waals surface area contributed by atoms with Crippen molar-refractivity contribution < 1.29 is 4.74 Å². The van der Waals surface area contributed by atoms with Crippen LogP contribution < -0.4 is 10.5 Å². The van der Waals surface area contributed by atoms with Gasteiger partial charge < -0.3 is 10.5 Å². The summed E-state index contributed by atoms with van der Waals surface area (Å²) in [6.07, 6.45) is 4.92. The van der Waals surface area contributed by atoms with Crippen LogP contribution in [0.15, 0.2) is 54.6 Å². The maximum absolute atomic E-state index is 6.68. The van der Waals surface area contributed by atoms with Gasteiger partial charge in [0, 0.05) is 16.1 Å². The Hall–Kier alpha value is -2.03. The van der Waals surface area contributed by atoms with Crippen molar-refractivity contribution in [3.05, 3.63) is 65.2 Å². The molecule has 2 N–H and O–H groups in total. The fourth-order valence-corrected chi connectivity index (χ4v) is 5.17. The molecule has 0 heterocycles. The van der Waals surface area contributed by atoms with Crippen LogP contribution in [0.5, 0.6) is 5.75 Å². The molecule has 3 aromatic carbocycles. The highest BCUT2D eigenvalue weighted by atomic mass is 35.5. The molecule has 1 aliphatic rings. The van der Waals surface area contributed by atoms with Gasteiger partial charge in [-0.2, -0.15) is 0 Å². The van der Waals surface area contributed by atoms with Crippen molar-refractivity contribution in [2.45, 2.75) is 71.9 Å². The Morgan fingerprint density at radius 3 is 2.22 bits per heavy atom. The largest absolute Gasteiger partial charge is 0.490 e. The molecule has 0 amide bonds. The zero-order chi connectivity index (χ0) is 23.1. The lowest BCUT2D eigenvalue weighted by atomic mass is 9.72. The number of nitrogens with two attached hydrogens (primary N) is 1. The average Bonchev–Trinajstić information content (AvgIpc) is 2.72. The molecule has 0 aliphatic heterocycles. The van der Waals surface area contributed by atoms with Gasteiger partial charge in [-0.3, -0.25) is 0 Å². The van der Waals surface area contributed by atoms with Crippen LogP contribution in [0.2, 0.25) is 5.02 Å². The van der Waals surface area contributed by atoms with Crippen LogP contribution in [-0.2, 0) is 5.54 Å². The minimum atomic E-state index is -0.384. The van der Waals surface area contributed by atoms with E-state index in [1.54, 1.807) is 0 Å². The van der Waals surface area contributed by atoms with Gasteiger partial charge in [-0.25, -0.2) is 0 Å². The topological polar surface area (TPSA) is 35.2 Å². The molecule has 1 saturated carbocycles. The maximum atomic E-state index is 6.68. The highest BCUT2D eigenvalue weighted by Crippen LogP contribution is 2.42. The van der Waals surface area contributed by atoms with Gasteiger partial charge >= 0.3 is 0 Å². The number of rotatable bonds is 4. The Balaban J connectivity index is 1.73. The predicted molar refractivity (Wildman–Crippen MR) is 137 cm³/mol. The van der Waals surface area contributed by atoms with Gasteiger partial charge in [-0.05, 0) is 97.0 Å². The van der Waals surface area contributed by atoms with E-state index in [9.17, 15) is 0 Å². The van der Waals surface area contributed by atoms with Crippen LogP contribution >= 0.6 is 11.6 Å². The fourth-order valence-electron chi connectivity index (χ4n) is 4.98. The van der Waals surface area contributed by atoms with Crippen molar-refractivity contribution in [3.8, 4) is 16.9 Å². The highest BCUT2D eigenvalue weighted by Gasteiger charge is 2.31. The van der Waals surface area contributed by atoms with Gasteiger partial charge in [0.05, 0.1) is 6.10 Å². The molecule has 2 nitrogen and oxygen atoms in total. The number of hydrogen-bond acceptors (Lipinski definition) is 2. The summed E-state index contributed by atoms with van der Waals surface area (Å²) in [5.41, 5.74) is 9.68. The number of hydrogen-bond donors (Lipinski definition) is 1. The van der Waals surface area contributed by atoms with Crippen molar-refractivity contribution in [2.75, 3.05) is 0 Å². The number of ether oxygens (including phenoxy) is 1. The van der Waals surface area contributed by atoms with E-state index < -0.39 is 0 Å². The van der Waals surface area contributed by atoms with E-state index in [0.717, 1.165) is 46.2 Å². The molecule has 0 radical (unpaired) electrons. The van der Waals surface area contributed by atoms with E-state index in [4.69, 9.17) is 22.1 Å². The van der Waals surface area contributed by atoms with Crippen molar-refractivity contribution in [1.82, 2.24) is 0 Å². The first-order valence-electron chi connectivity index (χ1n) is 11.8. The van der Waals surface area contributed by atoms with Gasteiger partial charge in [0.1, 0.15) is 5.75 Å². The smallest absolute Gasteiger partial charge is 0.128 e. The fraction of sp³-hybridized carbons (Fsp3) is 0.448. The van der Waals surface area contributed by atoms with E-state index in [1.165, 1.54) is 23.6 Å². The molecule has 4 rings (SSSR count). The molecule has 0 bridgehead atoms. The molecule has 170 valence electrons. The second-order valence-electron chi connectivity index (χ2n) is 11.1. The van der Waals surface area contributed by atoms with E-state index in [2.05, 4.69) is 57.2 Å². The lowest BCUT2D eigenvalue weighted by molar-refractivity contribution is 0.0887. The standard InChI is InChI=1S/C29H36ClNO/c1-28(2,3)21-10-13-24(14-11-21)32-26-16-9-19-17-22(29(4,5)31)12-15-25(19)27(26)20-7-6-8-23(30)18-20/h6-9,12,15-18,21,24H,10-11,13-14,31H2,1-5H3. The molecular weight excluding hydrogens is 414 g/mol. The third kappa shape index (κ3) is 4.97. The molecule has 1 aliphatic carbocycles. The van der Waals surface area contributed by atoms with Gasteiger partial charge in [-0.15, -0.1) is 0 Å². The SMILES string of the molecule is CC(C)(N)c1ccc2c(-c3cccc(Cl)c3)c(OC3CCC(C(C)(C)C)CC3)ccc2c1. The second-order valence-corrected chi connectivity index (χ2v) is 11.5. The van der Waals surface area contributed by atoms with Crippen LogP contribution in [0.25, 0.3) is 21.9 Å². The van der Waals surface area contributed by atoms with Gasteiger partial charge in [-0.1, -0.05) is 62.7 Å². The Morgan fingerprint density at radius 2 is 1.59 bits per heavy atom. The second kappa shape index (κ2) is 8.72. The van der Waals surface area contributed by atoms with Crippen LogP contribution in [0.3, 0.4) is 0 Å². The quantitative estimate of drug-likeness (QED) is 0.434. The lowest BCUT2D eigenvalue weighted by Crippen LogP contribution is -2.30. The third-order valence-corrected chi connectivity index (χ3v) is 7.27. The molecule has 32 heavy (non-hydrogen) atoms. The summed E-state index contributed by atoms with van der Waals surface area (Å²) in [4.78, 5) is 0. The maximum Gasteiger partial charge on any atom is 0.128 e. The molecular formula is C29H36ClNO. The normalized spacial score (nSPS) is 19.8. The summed E-state index contributed by atoms with van der Waals surface area (Å²) in [7, 11) is 0. The molecule has 0 atom stereocenters. The summed E-state index contributed by atoms with van der Waals surface area (Å²) < 4.78 is 6.68. The molecule has 0 unspecified atom stereocenters. The molecule has 0 spiro atoms. The van der Waals surface area contributed by atoms with Crippen molar-refractivity contribution >= 4 is 22.4 Å². The van der Waals surface area contributed by atoms with Crippen LogP contribution in [0.1, 0.15) is 65.9 Å². The van der Waals surface area contributed by atoms with E-state index >= 15 is 0 Å². The molecule has 1 fully saturated rings. The van der Waals surface area contributed by atoms with Crippen LogP contribution in [-0.4, -0.2) is 6.10 Å². The summed E-state index contributed by atoms with van der Waals surface area (Å²) in [5.74, 6) is 1.71. The average molecular weight is 450 g/mol. The Bertz CT molecular complexity index is 1100. The van der Waals surface area contributed by atoms with Crippen LogP contribution in [0, 0.1) is 11.3 Å². The van der Waals surface area contributed by atoms with E-state index in [-0.39, 0.29) is 11.6 Å². The summed E-state index contributed by atoms with van der Waals surface area (Å²) in [5, 5.41) is 3.07. The first-order valence-corrected chi connectivity index (χ1v) is 12.2. The Labute approximate surface area is 198 Å². The van der Waals surface area contributed by atoms with Gasteiger partial charge in [0.2, 0.25) is 0 Å². The summed E-state index contributed by atoms with van der Waals surface area (Å²) in [6.45, 7) is 11.2.